The van der Waals surface area contributed by atoms with Gasteiger partial charge in [0.1, 0.15) is 5.25 Å². The Labute approximate surface area is 94.2 Å². The van der Waals surface area contributed by atoms with E-state index in [9.17, 15) is 13.2 Å². The molecule has 3 rings (SSSR count). The van der Waals surface area contributed by atoms with E-state index in [1.807, 2.05) is 0 Å². The third-order valence-corrected chi connectivity index (χ3v) is 5.85. The van der Waals surface area contributed by atoms with Gasteiger partial charge in [-0.25, -0.2) is 0 Å². The van der Waals surface area contributed by atoms with E-state index in [1.54, 1.807) is 6.92 Å². The minimum Gasteiger partial charge on any atom is -0.466 e. The molecule has 2 bridgehead atoms. The maximum absolute atomic E-state index is 11.8. The molecule has 0 spiro atoms. The SMILES string of the molecule is CCOC(=O)C1C2CC3OS(=O)(=O)C1C3C2. The third kappa shape index (κ3) is 1.20. The van der Waals surface area contributed by atoms with Crippen LogP contribution in [0, 0.1) is 17.8 Å². The minimum absolute atomic E-state index is 0.0180. The Morgan fingerprint density at radius 2 is 2.19 bits per heavy atom. The number of rotatable bonds is 2. The normalized spacial score (nSPS) is 47.2. The molecule has 0 aromatic heterocycles. The summed E-state index contributed by atoms with van der Waals surface area (Å²) in [6.45, 7) is 2.03. The van der Waals surface area contributed by atoms with E-state index in [0.717, 1.165) is 6.42 Å². The van der Waals surface area contributed by atoms with E-state index in [0.29, 0.717) is 13.0 Å². The van der Waals surface area contributed by atoms with Crippen molar-refractivity contribution < 1.29 is 22.1 Å². The Bertz CT molecular complexity index is 426. The van der Waals surface area contributed by atoms with Gasteiger partial charge in [0.15, 0.2) is 0 Å². The second-order valence-electron chi connectivity index (χ2n) is 4.77. The van der Waals surface area contributed by atoms with Crippen LogP contribution in [0.3, 0.4) is 0 Å². The van der Waals surface area contributed by atoms with Crippen molar-refractivity contribution in [2.75, 3.05) is 6.61 Å². The minimum atomic E-state index is -3.54. The molecule has 2 saturated carbocycles. The van der Waals surface area contributed by atoms with Crippen LogP contribution in [-0.4, -0.2) is 32.3 Å². The molecule has 0 radical (unpaired) electrons. The maximum Gasteiger partial charge on any atom is 0.310 e. The molecule has 3 fully saturated rings. The first-order valence-electron chi connectivity index (χ1n) is 5.63. The van der Waals surface area contributed by atoms with E-state index >= 15 is 0 Å². The molecular formula is C10H14O5S. The maximum atomic E-state index is 11.8. The summed E-state index contributed by atoms with van der Waals surface area (Å²) in [5.74, 6) is -0.707. The molecule has 5 atom stereocenters. The highest BCUT2D eigenvalue weighted by Gasteiger charge is 2.66. The topological polar surface area (TPSA) is 69.7 Å². The molecule has 3 aliphatic rings. The highest BCUT2D eigenvalue weighted by Crippen LogP contribution is 2.57. The molecule has 0 amide bonds. The number of hydrogen-bond acceptors (Lipinski definition) is 5. The highest BCUT2D eigenvalue weighted by atomic mass is 32.2. The molecule has 90 valence electrons. The van der Waals surface area contributed by atoms with Gasteiger partial charge in [-0.1, -0.05) is 0 Å². The molecule has 1 saturated heterocycles. The Balaban J connectivity index is 1.94. The van der Waals surface area contributed by atoms with Crippen molar-refractivity contribution in [2.24, 2.45) is 17.8 Å². The zero-order chi connectivity index (χ0) is 11.5. The van der Waals surface area contributed by atoms with Crippen molar-refractivity contribution in [3.05, 3.63) is 0 Å². The van der Waals surface area contributed by atoms with Crippen molar-refractivity contribution >= 4 is 16.1 Å². The van der Waals surface area contributed by atoms with Crippen molar-refractivity contribution in [1.82, 2.24) is 0 Å². The van der Waals surface area contributed by atoms with E-state index < -0.39 is 21.3 Å². The Kier molecular flexibility index (Phi) is 2.10. The number of esters is 1. The molecule has 16 heavy (non-hydrogen) atoms. The van der Waals surface area contributed by atoms with Crippen LogP contribution < -0.4 is 0 Å². The molecule has 0 aromatic carbocycles. The van der Waals surface area contributed by atoms with Crippen LogP contribution in [0.2, 0.25) is 0 Å². The summed E-state index contributed by atoms with van der Waals surface area (Å²) >= 11 is 0. The highest BCUT2D eigenvalue weighted by molar-refractivity contribution is 7.87. The summed E-state index contributed by atoms with van der Waals surface area (Å²) in [4.78, 5) is 11.8. The fourth-order valence-electron chi connectivity index (χ4n) is 3.55. The Morgan fingerprint density at radius 3 is 2.88 bits per heavy atom. The first-order valence-corrected chi connectivity index (χ1v) is 7.10. The molecule has 0 N–H and O–H groups in total. The Morgan fingerprint density at radius 1 is 1.44 bits per heavy atom. The number of ether oxygens (including phenoxy) is 1. The summed E-state index contributed by atoms with van der Waals surface area (Å²) in [7, 11) is -3.54. The lowest BCUT2D eigenvalue weighted by Crippen LogP contribution is -2.37. The first kappa shape index (κ1) is 10.5. The van der Waals surface area contributed by atoms with Crippen LogP contribution >= 0.6 is 0 Å². The van der Waals surface area contributed by atoms with Gasteiger partial charge < -0.3 is 4.74 Å². The number of fused-ring (bicyclic) bond motifs is 1. The van der Waals surface area contributed by atoms with Crippen LogP contribution in [0.15, 0.2) is 0 Å². The summed E-state index contributed by atoms with van der Waals surface area (Å²) in [6, 6.07) is 0. The van der Waals surface area contributed by atoms with Crippen molar-refractivity contribution in [1.29, 1.82) is 0 Å². The second-order valence-corrected chi connectivity index (χ2v) is 6.49. The van der Waals surface area contributed by atoms with E-state index in [-0.39, 0.29) is 23.9 Å². The molecular weight excluding hydrogens is 232 g/mol. The predicted octanol–water partition coefficient (Wildman–Crippen LogP) is 0.303. The fourth-order valence-corrected chi connectivity index (χ4v) is 5.65. The number of carbonyl (C=O) groups is 1. The monoisotopic (exact) mass is 246 g/mol. The van der Waals surface area contributed by atoms with E-state index in [4.69, 9.17) is 8.92 Å². The van der Waals surface area contributed by atoms with Gasteiger partial charge in [0, 0.05) is 5.92 Å². The lowest BCUT2D eigenvalue weighted by Gasteiger charge is -2.22. The summed E-state index contributed by atoms with van der Waals surface area (Å²) < 4.78 is 33.6. The van der Waals surface area contributed by atoms with E-state index in [1.165, 1.54) is 0 Å². The standard InChI is InChI=1S/C10H14O5S/c1-2-14-10(11)8-5-3-6-7(4-5)15-16(12,13)9(6)8/h5-9H,2-4H2,1H3. The van der Waals surface area contributed by atoms with Gasteiger partial charge >= 0.3 is 5.97 Å². The quantitative estimate of drug-likeness (QED) is 0.518. The van der Waals surface area contributed by atoms with Crippen molar-refractivity contribution in [2.45, 2.75) is 31.1 Å². The van der Waals surface area contributed by atoms with Gasteiger partial charge in [-0.2, -0.15) is 8.42 Å². The third-order valence-electron chi connectivity index (χ3n) is 4.02. The Hall–Kier alpha value is -0.620. The van der Waals surface area contributed by atoms with Crippen molar-refractivity contribution in [3.8, 4) is 0 Å². The summed E-state index contributed by atoms with van der Waals surface area (Å²) in [5.41, 5.74) is 0. The molecule has 5 nitrogen and oxygen atoms in total. The average molecular weight is 246 g/mol. The van der Waals surface area contributed by atoms with E-state index in [2.05, 4.69) is 0 Å². The van der Waals surface area contributed by atoms with Gasteiger partial charge in [-0.3, -0.25) is 8.98 Å². The number of carbonyl (C=O) groups excluding carboxylic acids is 1. The molecule has 1 heterocycles. The van der Waals surface area contributed by atoms with Gasteiger partial charge in [0.2, 0.25) is 0 Å². The summed E-state index contributed by atoms with van der Waals surface area (Å²) in [5, 5.41) is -0.643. The largest absolute Gasteiger partial charge is 0.466 e. The van der Waals surface area contributed by atoms with Crippen molar-refractivity contribution in [3.63, 3.8) is 0 Å². The van der Waals surface area contributed by atoms with Gasteiger partial charge in [-0.15, -0.1) is 0 Å². The molecule has 6 heteroatoms. The van der Waals surface area contributed by atoms with Crippen LogP contribution in [-0.2, 0) is 23.8 Å². The van der Waals surface area contributed by atoms with Gasteiger partial charge in [0.25, 0.3) is 10.1 Å². The number of hydrogen-bond donors (Lipinski definition) is 0. The zero-order valence-electron chi connectivity index (χ0n) is 8.96. The molecule has 2 aliphatic carbocycles. The first-order chi connectivity index (χ1) is 7.54. The molecule has 5 unspecified atom stereocenters. The van der Waals surface area contributed by atoms with Crippen LogP contribution in [0.5, 0.6) is 0 Å². The zero-order valence-corrected chi connectivity index (χ0v) is 9.77. The van der Waals surface area contributed by atoms with Crippen LogP contribution in [0.25, 0.3) is 0 Å². The van der Waals surface area contributed by atoms with Gasteiger partial charge in [0.05, 0.1) is 18.6 Å². The summed E-state index contributed by atoms with van der Waals surface area (Å²) in [6.07, 6.45) is 1.30. The molecule has 1 aliphatic heterocycles. The lowest BCUT2D eigenvalue weighted by molar-refractivity contribution is -0.149. The fraction of sp³-hybridized carbons (Fsp3) is 0.900. The van der Waals surface area contributed by atoms with Gasteiger partial charge in [-0.05, 0) is 25.7 Å². The average Bonchev–Trinajstić information content (AvgIpc) is 2.76. The van der Waals surface area contributed by atoms with Crippen LogP contribution in [0.4, 0.5) is 0 Å². The predicted molar refractivity (Wildman–Crippen MR) is 53.9 cm³/mol. The second kappa shape index (κ2) is 3.20. The lowest BCUT2D eigenvalue weighted by atomic mass is 9.87. The molecule has 0 aromatic rings. The smallest absolute Gasteiger partial charge is 0.310 e. The van der Waals surface area contributed by atoms with Crippen LogP contribution in [0.1, 0.15) is 19.8 Å².